The molecule has 0 spiro atoms. The van der Waals surface area contributed by atoms with Crippen molar-refractivity contribution in [2.75, 3.05) is 0 Å². The molecule has 0 fully saturated rings. The summed E-state index contributed by atoms with van der Waals surface area (Å²) in [6, 6.07) is 13.6. The molecule has 0 amide bonds. The van der Waals surface area contributed by atoms with Crippen molar-refractivity contribution in [3.63, 3.8) is 0 Å². The fourth-order valence-electron chi connectivity index (χ4n) is 1.78. The van der Waals surface area contributed by atoms with Gasteiger partial charge in [0.05, 0.1) is 3.57 Å². The number of nitrogens with two attached hydrogens (primary N) is 1. The van der Waals surface area contributed by atoms with Crippen LogP contribution in [0.3, 0.4) is 0 Å². The molecular weight excluding hydrogens is 373 g/mol. The summed E-state index contributed by atoms with van der Waals surface area (Å²) in [6.07, 6.45) is 0.760. The summed E-state index contributed by atoms with van der Waals surface area (Å²) >= 11 is 8.30. The van der Waals surface area contributed by atoms with Gasteiger partial charge in [-0.2, -0.15) is 0 Å². The molecule has 1 atom stereocenters. The Morgan fingerprint density at radius 1 is 1.21 bits per heavy atom. The van der Waals surface area contributed by atoms with Crippen molar-refractivity contribution in [1.29, 1.82) is 0 Å². The van der Waals surface area contributed by atoms with Crippen LogP contribution in [0.5, 0.6) is 11.5 Å². The highest BCUT2D eigenvalue weighted by molar-refractivity contribution is 14.1. The van der Waals surface area contributed by atoms with Crippen LogP contribution in [0.1, 0.15) is 12.5 Å². The van der Waals surface area contributed by atoms with Gasteiger partial charge in [0, 0.05) is 11.1 Å². The lowest BCUT2D eigenvalue weighted by Gasteiger charge is -2.14. The van der Waals surface area contributed by atoms with Crippen LogP contribution in [0, 0.1) is 3.57 Å². The number of ether oxygens (including phenoxy) is 1. The van der Waals surface area contributed by atoms with Gasteiger partial charge in [-0.3, -0.25) is 0 Å². The molecule has 0 heterocycles. The largest absolute Gasteiger partial charge is 0.456 e. The van der Waals surface area contributed by atoms with E-state index in [0.29, 0.717) is 5.02 Å². The smallest absolute Gasteiger partial charge is 0.140 e. The summed E-state index contributed by atoms with van der Waals surface area (Å²) in [5, 5.41) is 0.661. The van der Waals surface area contributed by atoms with Gasteiger partial charge in [0.2, 0.25) is 0 Å². The van der Waals surface area contributed by atoms with Crippen molar-refractivity contribution in [3.8, 4) is 11.5 Å². The fourth-order valence-corrected chi connectivity index (χ4v) is 2.44. The zero-order valence-electron chi connectivity index (χ0n) is 10.6. The van der Waals surface area contributed by atoms with E-state index in [4.69, 9.17) is 22.1 Å². The molecule has 0 aliphatic rings. The average Bonchev–Trinajstić information content (AvgIpc) is 2.35. The third-order valence-corrected chi connectivity index (χ3v) is 3.75. The van der Waals surface area contributed by atoms with Crippen LogP contribution >= 0.6 is 34.2 Å². The highest BCUT2D eigenvalue weighted by atomic mass is 127. The number of halogens is 2. The Labute approximate surface area is 132 Å². The van der Waals surface area contributed by atoms with Gasteiger partial charge in [-0.25, -0.2) is 0 Å². The highest BCUT2D eigenvalue weighted by Gasteiger charge is 2.09. The Bertz CT molecular complexity index is 572. The molecule has 2 aromatic rings. The molecule has 2 nitrogen and oxygen atoms in total. The van der Waals surface area contributed by atoms with Crippen LogP contribution in [0.4, 0.5) is 0 Å². The minimum atomic E-state index is 0.0818. The van der Waals surface area contributed by atoms with Gasteiger partial charge in [-0.15, -0.1) is 0 Å². The van der Waals surface area contributed by atoms with Crippen LogP contribution < -0.4 is 10.5 Å². The molecule has 0 bridgehead atoms. The molecule has 0 saturated heterocycles. The lowest BCUT2D eigenvalue weighted by molar-refractivity contribution is 0.470. The van der Waals surface area contributed by atoms with Crippen LogP contribution in [0.25, 0.3) is 0 Å². The van der Waals surface area contributed by atoms with Gasteiger partial charge in [0.1, 0.15) is 11.5 Å². The van der Waals surface area contributed by atoms with Gasteiger partial charge in [0.15, 0.2) is 0 Å². The molecule has 0 aliphatic heterocycles. The normalized spacial score (nSPS) is 12.2. The summed E-state index contributed by atoms with van der Waals surface area (Å²) < 4.78 is 7.04. The minimum Gasteiger partial charge on any atom is -0.456 e. The van der Waals surface area contributed by atoms with Gasteiger partial charge >= 0.3 is 0 Å². The molecule has 0 saturated carbocycles. The molecule has 2 N–H and O–H groups in total. The minimum absolute atomic E-state index is 0.0818. The first-order valence-corrected chi connectivity index (χ1v) is 7.48. The predicted octanol–water partition coefficient (Wildman–Crippen LogP) is 4.63. The topological polar surface area (TPSA) is 35.2 Å². The third kappa shape index (κ3) is 4.09. The van der Waals surface area contributed by atoms with Crippen molar-refractivity contribution < 1.29 is 4.74 Å². The van der Waals surface area contributed by atoms with Crippen LogP contribution in [0.2, 0.25) is 5.02 Å². The molecule has 0 aliphatic carbocycles. The molecule has 2 aromatic carbocycles. The Kier molecular flexibility index (Phi) is 5.07. The van der Waals surface area contributed by atoms with E-state index in [1.807, 2.05) is 49.4 Å². The highest BCUT2D eigenvalue weighted by Crippen LogP contribution is 2.31. The quantitative estimate of drug-likeness (QED) is 0.777. The van der Waals surface area contributed by atoms with E-state index in [0.717, 1.165) is 27.1 Å². The van der Waals surface area contributed by atoms with Gasteiger partial charge in [-0.1, -0.05) is 29.8 Å². The number of hydrogen-bond acceptors (Lipinski definition) is 2. The third-order valence-electron chi connectivity index (χ3n) is 2.63. The maximum atomic E-state index is 6.05. The standard InChI is InChI=1S/C15H15ClINO/c1-10(18)8-11-6-7-12(16)9-15(11)19-14-5-3-2-4-13(14)17/h2-7,9-10H,8,18H2,1H3. The molecular formula is C15H15ClINO. The maximum absolute atomic E-state index is 6.05. The molecule has 2 rings (SSSR count). The maximum Gasteiger partial charge on any atom is 0.140 e. The van der Waals surface area contributed by atoms with Crippen LogP contribution in [-0.4, -0.2) is 6.04 Å². The molecule has 0 radical (unpaired) electrons. The van der Waals surface area contributed by atoms with E-state index < -0.39 is 0 Å². The van der Waals surface area contributed by atoms with E-state index in [-0.39, 0.29) is 6.04 Å². The Hall–Kier alpha value is -0.780. The van der Waals surface area contributed by atoms with E-state index >= 15 is 0 Å². The lowest BCUT2D eigenvalue weighted by atomic mass is 10.1. The summed E-state index contributed by atoms with van der Waals surface area (Å²) in [7, 11) is 0. The number of benzene rings is 2. The average molecular weight is 388 g/mol. The second-order valence-corrected chi connectivity index (χ2v) is 6.06. The van der Waals surface area contributed by atoms with Crippen LogP contribution in [0.15, 0.2) is 42.5 Å². The Balaban J connectivity index is 2.33. The molecule has 0 aromatic heterocycles. The van der Waals surface area contributed by atoms with Crippen molar-refractivity contribution in [2.45, 2.75) is 19.4 Å². The summed E-state index contributed by atoms with van der Waals surface area (Å²) in [5.74, 6) is 1.60. The Morgan fingerprint density at radius 3 is 2.63 bits per heavy atom. The first-order chi connectivity index (χ1) is 9.06. The van der Waals surface area contributed by atoms with Gasteiger partial charge < -0.3 is 10.5 Å². The van der Waals surface area contributed by atoms with Gasteiger partial charge in [-0.05, 0) is 65.8 Å². The zero-order chi connectivity index (χ0) is 13.8. The Morgan fingerprint density at radius 2 is 1.95 bits per heavy atom. The molecule has 19 heavy (non-hydrogen) atoms. The van der Waals surface area contributed by atoms with Crippen molar-refractivity contribution in [3.05, 3.63) is 56.6 Å². The molecule has 100 valence electrons. The number of rotatable bonds is 4. The molecule has 1 unspecified atom stereocenters. The predicted molar refractivity (Wildman–Crippen MR) is 88.0 cm³/mol. The monoisotopic (exact) mass is 387 g/mol. The second kappa shape index (κ2) is 6.59. The van der Waals surface area contributed by atoms with E-state index in [1.54, 1.807) is 0 Å². The summed E-state index contributed by atoms with van der Waals surface area (Å²) in [4.78, 5) is 0. The van der Waals surface area contributed by atoms with E-state index in [9.17, 15) is 0 Å². The first-order valence-electron chi connectivity index (χ1n) is 6.02. The number of para-hydroxylation sites is 1. The van der Waals surface area contributed by atoms with Crippen molar-refractivity contribution in [1.82, 2.24) is 0 Å². The van der Waals surface area contributed by atoms with E-state index in [1.165, 1.54) is 0 Å². The van der Waals surface area contributed by atoms with Crippen molar-refractivity contribution in [2.24, 2.45) is 5.73 Å². The fraction of sp³-hybridized carbons (Fsp3) is 0.200. The zero-order valence-corrected chi connectivity index (χ0v) is 13.5. The first kappa shape index (κ1) is 14.6. The number of hydrogen-bond donors (Lipinski definition) is 1. The summed E-state index contributed by atoms with van der Waals surface area (Å²) in [6.45, 7) is 1.98. The summed E-state index contributed by atoms with van der Waals surface area (Å²) in [5.41, 5.74) is 6.93. The lowest BCUT2D eigenvalue weighted by Crippen LogP contribution is -2.18. The van der Waals surface area contributed by atoms with Crippen molar-refractivity contribution >= 4 is 34.2 Å². The second-order valence-electron chi connectivity index (χ2n) is 4.47. The SMILES string of the molecule is CC(N)Cc1ccc(Cl)cc1Oc1ccccc1I. The molecule has 4 heteroatoms. The van der Waals surface area contributed by atoms with Crippen LogP contribution in [-0.2, 0) is 6.42 Å². The van der Waals surface area contributed by atoms with E-state index in [2.05, 4.69) is 22.6 Å². The van der Waals surface area contributed by atoms with Gasteiger partial charge in [0.25, 0.3) is 0 Å².